The smallest absolute Gasteiger partial charge is 0.345 e. The van der Waals surface area contributed by atoms with Gasteiger partial charge in [0.2, 0.25) is 0 Å². The van der Waals surface area contributed by atoms with E-state index in [0.29, 0.717) is 11.6 Å². The predicted octanol–water partition coefficient (Wildman–Crippen LogP) is 3.56. The van der Waals surface area contributed by atoms with E-state index in [1.807, 2.05) is 17.5 Å². The van der Waals surface area contributed by atoms with Gasteiger partial charge in [0, 0.05) is 6.92 Å². The first-order valence-electron chi connectivity index (χ1n) is 6.13. The van der Waals surface area contributed by atoms with Gasteiger partial charge in [-0.15, -0.1) is 11.3 Å². The van der Waals surface area contributed by atoms with Gasteiger partial charge in [0.15, 0.2) is 11.7 Å². The van der Waals surface area contributed by atoms with E-state index in [1.54, 1.807) is 13.8 Å². The van der Waals surface area contributed by atoms with Gasteiger partial charge in [0.25, 0.3) is 0 Å². The van der Waals surface area contributed by atoms with E-state index in [-0.39, 0.29) is 23.7 Å². The molecule has 5 nitrogen and oxygen atoms in total. The first kappa shape index (κ1) is 14.3. The zero-order valence-corrected chi connectivity index (χ0v) is 12.3. The molecule has 0 saturated carbocycles. The Labute approximate surface area is 120 Å². The molecular weight excluding hydrogens is 278 g/mol. The molecule has 0 bridgehead atoms. The van der Waals surface area contributed by atoms with Crippen molar-refractivity contribution < 1.29 is 19.1 Å². The Morgan fingerprint density at radius 3 is 2.85 bits per heavy atom. The number of hydrogen-bond acceptors (Lipinski definition) is 6. The van der Waals surface area contributed by atoms with Crippen LogP contribution in [0.5, 0.6) is 0 Å². The second-order valence-corrected chi connectivity index (χ2v) is 5.02. The molecule has 6 heteroatoms. The van der Waals surface area contributed by atoms with Crippen LogP contribution < -0.4 is 0 Å². The van der Waals surface area contributed by atoms with Gasteiger partial charge >= 0.3 is 5.97 Å². The topological polar surface area (TPSA) is 72.6 Å². The van der Waals surface area contributed by atoms with Gasteiger partial charge in [0.1, 0.15) is 17.0 Å². The minimum atomic E-state index is -0.624. The molecule has 0 spiro atoms. The van der Waals surface area contributed by atoms with Crippen LogP contribution in [0.1, 0.15) is 25.5 Å². The molecule has 2 aromatic rings. The summed E-state index contributed by atoms with van der Waals surface area (Å²) in [6, 6.07) is 3.76. The summed E-state index contributed by atoms with van der Waals surface area (Å²) in [5.41, 5.74) is 0.546. The van der Waals surface area contributed by atoms with Crippen molar-refractivity contribution in [2.75, 3.05) is 6.61 Å². The van der Waals surface area contributed by atoms with Crippen LogP contribution in [0.15, 0.2) is 27.7 Å². The normalized spacial score (nSPS) is 12.2. The van der Waals surface area contributed by atoms with E-state index >= 15 is 0 Å². The molecule has 0 aliphatic rings. The Morgan fingerprint density at radius 2 is 2.30 bits per heavy atom. The van der Waals surface area contributed by atoms with E-state index in [2.05, 4.69) is 4.98 Å². The lowest BCUT2D eigenvalue weighted by atomic mass is 10.1. The molecule has 2 heterocycles. The van der Waals surface area contributed by atoms with E-state index in [9.17, 15) is 9.90 Å². The molecule has 0 aromatic carbocycles. The zero-order chi connectivity index (χ0) is 14.7. The number of hydrogen-bond donors (Lipinski definition) is 1. The second kappa shape index (κ2) is 5.92. The molecule has 0 aliphatic carbocycles. The maximum Gasteiger partial charge on any atom is 0.345 e. The van der Waals surface area contributed by atoms with E-state index in [4.69, 9.17) is 9.15 Å². The lowest BCUT2D eigenvalue weighted by Crippen LogP contribution is -2.09. The maximum atomic E-state index is 12.0. The van der Waals surface area contributed by atoms with Crippen molar-refractivity contribution in [3.05, 3.63) is 34.9 Å². The summed E-state index contributed by atoms with van der Waals surface area (Å²) in [7, 11) is 0. The van der Waals surface area contributed by atoms with Crippen LogP contribution in [0.2, 0.25) is 0 Å². The molecular formula is C14H15NO4S. The Bertz CT molecular complexity index is 636. The van der Waals surface area contributed by atoms with Gasteiger partial charge < -0.3 is 14.3 Å². The summed E-state index contributed by atoms with van der Waals surface area (Å²) >= 11 is 1.48. The highest BCUT2D eigenvalue weighted by Crippen LogP contribution is 2.33. The minimum absolute atomic E-state index is 0.0100. The predicted molar refractivity (Wildman–Crippen MR) is 76.4 cm³/mol. The average Bonchev–Trinajstić information content (AvgIpc) is 2.98. The number of esters is 1. The molecule has 0 unspecified atom stereocenters. The van der Waals surface area contributed by atoms with Gasteiger partial charge in [0.05, 0.1) is 11.5 Å². The van der Waals surface area contributed by atoms with Crippen LogP contribution in [0.25, 0.3) is 16.1 Å². The van der Waals surface area contributed by atoms with E-state index < -0.39 is 5.97 Å². The van der Waals surface area contributed by atoms with Crippen LogP contribution in [0.3, 0.4) is 0 Å². The second-order valence-electron chi connectivity index (χ2n) is 4.07. The van der Waals surface area contributed by atoms with Crippen molar-refractivity contribution in [3.63, 3.8) is 0 Å². The molecule has 0 atom stereocenters. The highest BCUT2D eigenvalue weighted by molar-refractivity contribution is 7.13. The third kappa shape index (κ3) is 2.75. The number of ether oxygens (including phenoxy) is 1. The number of aliphatic hydroxyl groups is 1. The molecule has 1 N–H and O–H groups in total. The quantitative estimate of drug-likeness (QED) is 0.530. The first-order valence-corrected chi connectivity index (χ1v) is 7.01. The fourth-order valence-corrected chi connectivity index (χ4v) is 2.50. The van der Waals surface area contributed by atoms with Crippen molar-refractivity contribution in [1.82, 2.24) is 4.98 Å². The van der Waals surface area contributed by atoms with Crippen molar-refractivity contribution in [2.24, 2.45) is 0 Å². The van der Waals surface area contributed by atoms with E-state index in [0.717, 1.165) is 4.88 Å². The highest BCUT2D eigenvalue weighted by Gasteiger charge is 2.26. The largest absolute Gasteiger partial charge is 0.512 e. The summed E-state index contributed by atoms with van der Waals surface area (Å²) in [6.45, 7) is 5.03. The molecule has 0 radical (unpaired) electrons. The summed E-state index contributed by atoms with van der Waals surface area (Å²) in [6.07, 6.45) is 0. The maximum absolute atomic E-state index is 12.0. The van der Waals surface area contributed by atoms with Crippen LogP contribution >= 0.6 is 11.3 Å². The first-order chi connectivity index (χ1) is 9.54. The Balaban J connectivity index is 2.56. The number of aliphatic hydroxyl groups excluding tert-OH is 1. The summed E-state index contributed by atoms with van der Waals surface area (Å²) in [5, 5.41) is 11.7. The summed E-state index contributed by atoms with van der Waals surface area (Å²) in [4.78, 5) is 17.1. The monoisotopic (exact) mass is 293 g/mol. The number of allylic oxidation sites excluding steroid dienone is 1. The number of nitrogens with zero attached hydrogens (tertiary/aromatic N) is 1. The van der Waals surface area contributed by atoms with E-state index in [1.165, 1.54) is 18.3 Å². The number of thiophene rings is 1. The zero-order valence-electron chi connectivity index (χ0n) is 11.5. The third-order valence-corrected chi connectivity index (χ3v) is 3.43. The van der Waals surface area contributed by atoms with Crippen molar-refractivity contribution in [1.29, 1.82) is 0 Å². The summed E-state index contributed by atoms with van der Waals surface area (Å²) in [5.74, 6) is -0.117. The van der Waals surface area contributed by atoms with Crippen LogP contribution in [-0.2, 0) is 9.53 Å². The molecule has 0 aliphatic heterocycles. The number of oxazole rings is 1. The SMILES string of the molecule is CCOC(=O)/C(=C(/C)O)c1oc(C)nc1-c1cccs1. The Kier molecular flexibility index (Phi) is 4.24. The number of carbonyl (C=O) groups excluding carboxylic acids is 1. The Hall–Kier alpha value is -2.08. The van der Waals surface area contributed by atoms with Crippen LogP contribution in [0, 0.1) is 6.92 Å². The van der Waals surface area contributed by atoms with Crippen LogP contribution in [0.4, 0.5) is 0 Å². The molecule has 0 saturated heterocycles. The molecule has 106 valence electrons. The number of aromatic nitrogens is 1. The highest BCUT2D eigenvalue weighted by atomic mass is 32.1. The van der Waals surface area contributed by atoms with Crippen molar-refractivity contribution >= 4 is 22.9 Å². The van der Waals surface area contributed by atoms with Gasteiger partial charge in [-0.05, 0) is 25.3 Å². The van der Waals surface area contributed by atoms with Crippen molar-refractivity contribution in [3.8, 4) is 10.6 Å². The fourth-order valence-electron chi connectivity index (χ4n) is 1.78. The molecule has 20 heavy (non-hydrogen) atoms. The number of carbonyl (C=O) groups is 1. The molecule has 2 rings (SSSR count). The number of rotatable bonds is 4. The third-order valence-electron chi connectivity index (χ3n) is 2.56. The minimum Gasteiger partial charge on any atom is -0.512 e. The van der Waals surface area contributed by atoms with Gasteiger partial charge in [-0.3, -0.25) is 0 Å². The standard InChI is InChI=1S/C14H15NO4S/c1-4-18-14(17)11(8(2)16)13-12(15-9(3)19-13)10-6-5-7-20-10/h5-7,16H,4H2,1-3H3/b11-8-. The molecule has 0 fully saturated rings. The Morgan fingerprint density at radius 1 is 1.55 bits per heavy atom. The van der Waals surface area contributed by atoms with Gasteiger partial charge in [-0.25, -0.2) is 9.78 Å². The van der Waals surface area contributed by atoms with Gasteiger partial charge in [-0.2, -0.15) is 0 Å². The fraction of sp³-hybridized carbons (Fsp3) is 0.286. The van der Waals surface area contributed by atoms with Crippen LogP contribution in [-0.4, -0.2) is 22.7 Å². The lowest BCUT2D eigenvalue weighted by molar-refractivity contribution is -0.136. The lowest BCUT2D eigenvalue weighted by Gasteiger charge is -2.06. The van der Waals surface area contributed by atoms with Gasteiger partial charge in [-0.1, -0.05) is 6.07 Å². The average molecular weight is 293 g/mol. The summed E-state index contributed by atoms with van der Waals surface area (Å²) < 4.78 is 10.5. The number of aryl methyl sites for hydroxylation is 1. The van der Waals surface area contributed by atoms with Crippen molar-refractivity contribution in [2.45, 2.75) is 20.8 Å². The molecule has 0 amide bonds. The molecule has 2 aromatic heterocycles.